The summed E-state index contributed by atoms with van der Waals surface area (Å²) in [7, 11) is 0. The van der Waals surface area contributed by atoms with E-state index >= 15 is 0 Å². The van der Waals surface area contributed by atoms with Gasteiger partial charge in [-0.05, 0) is 30.9 Å². The maximum absolute atomic E-state index is 5.81. The third kappa shape index (κ3) is 6.90. The van der Waals surface area contributed by atoms with Gasteiger partial charge in [-0.15, -0.1) is 0 Å². The second-order valence-corrected chi connectivity index (χ2v) is 5.41. The topological polar surface area (TPSA) is 34.1 Å². The average molecular weight is 278 g/mol. The van der Waals surface area contributed by atoms with Crippen LogP contribution in [0.15, 0.2) is 18.3 Å². The fourth-order valence-corrected chi connectivity index (χ4v) is 2.11. The van der Waals surface area contributed by atoms with Crippen molar-refractivity contribution in [3.8, 4) is 5.88 Å². The Morgan fingerprint density at radius 3 is 2.65 bits per heavy atom. The molecule has 0 aliphatic rings. The van der Waals surface area contributed by atoms with Gasteiger partial charge in [0.15, 0.2) is 0 Å². The van der Waals surface area contributed by atoms with E-state index in [1.807, 2.05) is 12.3 Å². The van der Waals surface area contributed by atoms with E-state index < -0.39 is 0 Å². The fourth-order valence-electron chi connectivity index (χ4n) is 2.11. The Bertz CT molecular complexity index is 337. The van der Waals surface area contributed by atoms with E-state index in [4.69, 9.17) is 4.74 Å². The van der Waals surface area contributed by atoms with Crippen molar-refractivity contribution in [1.29, 1.82) is 0 Å². The highest BCUT2D eigenvalue weighted by Gasteiger charge is 2.07. The Morgan fingerprint density at radius 1 is 1.20 bits per heavy atom. The first kappa shape index (κ1) is 17.0. The lowest BCUT2D eigenvalue weighted by Crippen LogP contribution is -2.14. The minimum absolute atomic E-state index is 0.655. The first-order chi connectivity index (χ1) is 9.80. The molecular formula is C17H30N2O. The van der Waals surface area contributed by atoms with Gasteiger partial charge in [0, 0.05) is 18.8 Å². The molecular weight excluding hydrogens is 248 g/mol. The van der Waals surface area contributed by atoms with E-state index in [9.17, 15) is 0 Å². The van der Waals surface area contributed by atoms with Gasteiger partial charge in [-0.3, -0.25) is 0 Å². The number of ether oxygens (including phenoxy) is 1. The van der Waals surface area contributed by atoms with Gasteiger partial charge in [0.05, 0.1) is 6.61 Å². The van der Waals surface area contributed by atoms with Crippen LogP contribution >= 0.6 is 0 Å². The van der Waals surface area contributed by atoms with E-state index in [0.717, 1.165) is 32.0 Å². The maximum atomic E-state index is 5.81. The summed E-state index contributed by atoms with van der Waals surface area (Å²) < 4.78 is 5.81. The number of nitrogens with zero attached hydrogens (tertiary/aromatic N) is 1. The van der Waals surface area contributed by atoms with Gasteiger partial charge in [0.2, 0.25) is 5.88 Å². The summed E-state index contributed by atoms with van der Waals surface area (Å²) in [6, 6.07) is 4.08. The molecule has 0 saturated heterocycles. The lowest BCUT2D eigenvalue weighted by Gasteiger charge is -2.15. The fraction of sp³-hybridized carbons (Fsp3) is 0.706. The summed E-state index contributed by atoms with van der Waals surface area (Å²) in [4.78, 5) is 4.38. The van der Waals surface area contributed by atoms with E-state index in [2.05, 4.69) is 37.1 Å². The van der Waals surface area contributed by atoms with Gasteiger partial charge < -0.3 is 10.1 Å². The van der Waals surface area contributed by atoms with Crippen LogP contribution in [0.2, 0.25) is 0 Å². The molecule has 114 valence electrons. The van der Waals surface area contributed by atoms with Crippen LogP contribution in [0.4, 0.5) is 0 Å². The highest BCUT2D eigenvalue weighted by Crippen LogP contribution is 2.15. The normalized spacial score (nSPS) is 12.3. The molecule has 0 amide bonds. The second kappa shape index (κ2) is 10.7. The number of rotatable bonds is 11. The molecule has 0 bridgehead atoms. The average Bonchev–Trinajstić information content (AvgIpc) is 2.49. The van der Waals surface area contributed by atoms with Crippen molar-refractivity contribution in [1.82, 2.24) is 10.3 Å². The molecule has 0 spiro atoms. The molecule has 1 aromatic rings. The second-order valence-electron chi connectivity index (χ2n) is 5.41. The Labute approximate surface area is 124 Å². The summed E-state index contributed by atoms with van der Waals surface area (Å²) in [6.07, 6.45) is 8.05. The van der Waals surface area contributed by atoms with Crippen LogP contribution in [0.25, 0.3) is 0 Å². The van der Waals surface area contributed by atoms with Crippen LogP contribution in [0.3, 0.4) is 0 Å². The molecule has 0 aliphatic carbocycles. The smallest absolute Gasteiger partial charge is 0.213 e. The molecule has 3 heteroatoms. The van der Waals surface area contributed by atoms with E-state index in [1.54, 1.807) is 0 Å². The zero-order valence-electron chi connectivity index (χ0n) is 13.3. The molecule has 1 aromatic heterocycles. The predicted molar refractivity (Wildman–Crippen MR) is 85.0 cm³/mol. The highest BCUT2D eigenvalue weighted by molar-refractivity contribution is 5.17. The third-order valence-electron chi connectivity index (χ3n) is 3.56. The minimum Gasteiger partial charge on any atom is -0.477 e. The molecule has 1 N–H and O–H groups in total. The molecule has 3 nitrogen and oxygen atoms in total. The molecule has 1 atom stereocenters. The number of unbranched alkanes of at least 4 members (excludes halogenated alkanes) is 1. The monoisotopic (exact) mass is 278 g/mol. The van der Waals surface area contributed by atoms with Gasteiger partial charge in [-0.1, -0.05) is 46.1 Å². The van der Waals surface area contributed by atoms with Gasteiger partial charge >= 0.3 is 0 Å². The highest BCUT2D eigenvalue weighted by atomic mass is 16.5. The number of aromatic nitrogens is 1. The van der Waals surface area contributed by atoms with Crippen LogP contribution in [0.1, 0.15) is 58.4 Å². The van der Waals surface area contributed by atoms with E-state index in [1.165, 1.54) is 31.2 Å². The first-order valence-electron chi connectivity index (χ1n) is 8.08. The first-order valence-corrected chi connectivity index (χ1v) is 8.08. The van der Waals surface area contributed by atoms with Crippen molar-refractivity contribution >= 4 is 0 Å². The lowest BCUT2D eigenvalue weighted by atomic mass is 10.0. The molecule has 0 fully saturated rings. The van der Waals surface area contributed by atoms with E-state index in [-0.39, 0.29) is 0 Å². The SMILES string of the molecule is CCCCC(CC)COc1ccc(CNCCC)cn1. The Morgan fingerprint density at radius 2 is 2.05 bits per heavy atom. The number of pyridine rings is 1. The molecule has 20 heavy (non-hydrogen) atoms. The van der Waals surface area contributed by atoms with Crippen molar-refractivity contribution in [3.05, 3.63) is 23.9 Å². The van der Waals surface area contributed by atoms with Gasteiger partial charge in [-0.2, -0.15) is 0 Å². The molecule has 0 saturated carbocycles. The number of hydrogen-bond donors (Lipinski definition) is 1. The zero-order chi connectivity index (χ0) is 14.6. The summed E-state index contributed by atoms with van der Waals surface area (Å²) in [5, 5.41) is 3.37. The van der Waals surface area contributed by atoms with Crippen molar-refractivity contribution in [2.75, 3.05) is 13.2 Å². The standard InChI is InChI=1S/C17H30N2O/c1-4-7-8-15(6-3)14-20-17-10-9-16(13-19-17)12-18-11-5-2/h9-10,13,15,18H,4-8,11-12,14H2,1-3H3. The van der Waals surface area contributed by atoms with Crippen LogP contribution in [-0.4, -0.2) is 18.1 Å². The summed E-state index contributed by atoms with van der Waals surface area (Å²) in [5.74, 6) is 1.40. The largest absolute Gasteiger partial charge is 0.477 e. The van der Waals surface area contributed by atoms with Gasteiger partial charge in [-0.25, -0.2) is 4.98 Å². The van der Waals surface area contributed by atoms with Gasteiger partial charge in [0.1, 0.15) is 0 Å². The Kier molecular flexibility index (Phi) is 9.05. The minimum atomic E-state index is 0.655. The quantitative estimate of drug-likeness (QED) is 0.617. The molecule has 0 radical (unpaired) electrons. The molecule has 0 aliphatic heterocycles. The van der Waals surface area contributed by atoms with Crippen molar-refractivity contribution in [2.45, 2.75) is 59.4 Å². The zero-order valence-corrected chi connectivity index (χ0v) is 13.3. The van der Waals surface area contributed by atoms with E-state index in [0.29, 0.717) is 5.92 Å². The van der Waals surface area contributed by atoms with Crippen LogP contribution in [-0.2, 0) is 6.54 Å². The predicted octanol–water partition coefficient (Wildman–Crippen LogP) is 4.18. The maximum Gasteiger partial charge on any atom is 0.213 e. The summed E-state index contributed by atoms with van der Waals surface area (Å²) >= 11 is 0. The van der Waals surface area contributed by atoms with Crippen molar-refractivity contribution in [3.63, 3.8) is 0 Å². The third-order valence-corrected chi connectivity index (χ3v) is 3.56. The molecule has 0 aromatic carbocycles. The number of hydrogen-bond acceptors (Lipinski definition) is 3. The van der Waals surface area contributed by atoms with Crippen LogP contribution in [0.5, 0.6) is 5.88 Å². The van der Waals surface area contributed by atoms with Crippen LogP contribution < -0.4 is 10.1 Å². The number of nitrogens with one attached hydrogen (secondary N) is 1. The van der Waals surface area contributed by atoms with Crippen LogP contribution in [0, 0.1) is 5.92 Å². The lowest BCUT2D eigenvalue weighted by molar-refractivity contribution is 0.226. The molecule has 1 heterocycles. The molecule has 1 rings (SSSR count). The van der Waals surface area contributed by atoms with Crippen molar-refractivity contribution < 1.29 is 4.74 Å². The Balaban J connectivity index is 2.32. The summed E-state index contributed by atoms with van der Waals surface area (Å²) in [6.45, 7) is 9.37. The molecule has 1 unspecified atom stereocenters. The summed E-state index contributed by atoms with van der Waals surface area (Å²) in [5.41, 5.74) is 1.21. The van der Waals surface area contributed by atoms with Crippen molar-refractivity contribution in [2.24, 2.45) is 5.92 Å². The Hall–Kier alpha value is -1.09. The van der Waals surface area contributed by atoms with Gasteiger partial charge in [0.25, 0.3) is 0 Å².